The van der Waals surface area contributed by atoms with Crippen LogP contribution in [-0.4, -0.2) is 23.4 Å². The van der Waals surface area contributed by atoms with Crippen LogP contribution >= 0.6 is 0 Å². The zero-order valence-corrected chi connectivity index (χ0v) is 14.2. The van der Waals surface area contributed by atoms with Crippen molar-refractivity contribution < 1.29 is 4.39 Å². The summed E-state index contributed by atoms with van der Waals surface area (Å²) in [5.41, 5.74) is 5.16. The highest BCUT2D eigenvalue weighted by atomic mass is 19.1. The number of benzene rings is 1. The molecule has 2 aromatic rings. The lowest BCUT2D eigenvalue weighted by molar-refractivity contribution is 0.391. The zero-order chi connectivity index (χ0) is 16.8. The molecule has 5 heteroatoms. The van der Waals surface area contributed by atoms with Gasteiger partial charge < -0.3 is 5.32 Å². The molecular formula is C18H23BFN3. The number of hydrogen-bond acceptors (Lipinski definition) is 3. The van der Waals surface area contributed by atoms with Crippen molar-refractivity contribution in [3.05, 3.63) is 47.4 Å². The minimum absolute atomic E-state index is 0.519. The van der Waals surface area contributed by atoms with E-state index >= 15 is 0 Å². The number of aromatic nitrogens is 2. The number of rotatable bonds is 6. The number of nitrogens with zero attached hydrogens (tertiary/aromatic N) is 2. The van der Waals surface area contributed by atoms with Crippen molar-refractivity contribution >= 4 is 30.3 Å². The zero-order valence-electron chi connectivity index (χ0n) is 14.2. The van der Waals surface area contributed by atoms with E-state index in [1.165, 1.54) is 5.56 Å². The first-order valence-corrected chi connectivity index (χ1v) is 7.96. The standard InChI is InChI=1S/C18H23BFN3/c1-5-6-16-14(4)18(22-11-21-16)23-17-8-7-12(2)9-15(17)19-10-13(3)20/h5-9,11,13,19H,10H2,1-4H3,(H,21,22,23)/b6-5-. The van der Waals surface area contributed by atoms with E-state index in [9.17, 15) is 4.39 Å². The van der Waals surface area contributed by atoms with Crippen LogP contribution in [0.25, 0.3) is 6.08 Å². The van der Waals surface area contributed by atoms with Crippen molar-refractivity contribution in [3.8, 4) is 0 Å². The Kier molecular flexibility index (Phi) is 5.91. The smallest absolute Gasteiger partial charge is 0.163 e. The average Bonchev–Trinajstić information content (AvgIpc) is 2.51. The van der Waals surface area contributed by atoms with Gasteiger partial charge in [0.2, 0.25) is 0 Å². The normalized spacial score (nSPS) is 12.4. The molecule has 0 amide bonds. The monoisotopic (exact) mass is 311 g/mol. The van der Waals surface area contributed by atoms with Crippen LogP contribution in [0.4, 0.5) is 15.9 Å². The molecule has 0 fully saturated rings. The summed E-state index contributed by atoms with van der Waals surface area (Å²) in [5, 5.41) is 3.38. The molecule has 0 aliphatic heterocycles. The topological polar surface area (TPSA) is 37.8 Å². The van der Waals surface area contributed by atoms with Gasteiger partial charge in [0.25, 0.3) is 0 Å². The molecule has 0 aliphatic rings. The van der Waals surface area contributed by atoms with E-state index in [4.69, 9.17) is 0 Å². The van der Waals surface area contributed by atoms with Gasteiger partial charge >= 0.3 is 0 Å². The van der Waals surface area contributed by atoms with Crippen LogP contribution in [-0.2, 0) is 0 Å². The van der Waals surface area contributed by atoms with Crippen molar-refractivity contribution in [2.45, 2.75) is 40.2 Å². The van der Waals surface area contributed by atoms with Gasteiger partial charge in [-0.2, -0.15) is 0 Å². The Bertz CT molecular complexity index is 699. The van der Waals surface area contributed by atoms with Gasteiger partial charge in [-0.25, -0.2) is 14.4 Å². The molecule has 0 bridgehead atoms. The second-order valence-corrected chi connectivity index (χ2v) is 5.84. The molecule has 1 aromatic carbocycles. The Balaban J connectivity index is 2.31. The molecular weight excluding hydrogens is 288 g/mol. The van der Waals surface area contributed by atoms with Gasteiger partial charge in [-0.15, -0.1) is 0 Å². The summed E-state index contributed by atoms with van der Waals surface area (Å²) in [6, 6.07) is 6.19. The van der Waals surface area contributed by atoms with E-state index < -0.39 is 6.17 Å². The molecule has 0 saturated heterocycles. The summed E-state index contributed by atoms with van der Waals surface area (Å²) in [7, 11) is 0.702. The Morgan fingerprint density at radius 1 is 1.30 bits per heavy atom. The summed E-state index contributed by atoms with van der Waals surface area (Å²) < 4.78 is 13.2. The molecule has 1 unspecified atom stereocenters. The van der Waals surface area contributed by atoms with Crippen molar-refractivity contribution in [2.75, 3.05) is 5.32 Å². The van der Waals surface area contributed by atoms with Crippen molar-refractivity contribution in [2.24, 2.45) is 0 Å². The van der Waals surface area contributed by atoms with Gasteiger partial charge in [-0.05, 0) is 46.2 Å². The maximum atomic E-state index is 13.2. The van der Waals surface area contributed by atoms with Gasteiger partial charge in [-0.3, -0.25) is 0 Å². The van der Waals surface area contributed by atoms with Crippen molar-refractivity contribution in [3.63, 3.8) is 0 Å². The van der Waals surface area contributed by atoms with E-state index in [-0.39, 0.29) is 0 Å². The molecule has 120 valence electrons. The third kappa shape index (κ3) is 4.65. The highest BCUT2D eigenvalue weighted by Crippen LogP contribution is 2.20. The molecule has 0 saturated carbocycles. The average molecular weight is 311 g/mol. The quantitative estimate of drug-likeness (QED) is 0.827. The first-order valence-electron chi connectivity index (χ1n) is 7.96. The molecule has 0 spiro atoms. The lowest BCUT2D eigenvalue weighted by atomic mass is 9.65. The maximum Gasteiger partial charge on any atom is 0.163 e. The van der Waals surface area contributed by atoms with E-state index in [1.807, 2.05) is 45.1 Å². The first kappa shape index (κ1) is 17.2. The molecule has 3 nitrogen and oxygen atoms in total. The third-order valence-electron chi connectivity index (χ3n) is 3.77. The highest BCUT2D eigenvalue weighted by Gasteiger charge is 2.10. The lowest BCUT2D eigenvalue weighted by Gasteiger charge is -2.14. The van der Waals surface area contributed by atoms with Crippen LogP contribution in [0.3, 0.4) is 0 Å². The van der Waals surface area contributed by atoms with Crippen LogP contribution < -0.4 is 10.8 Å². The second kappa shape index (κ2) is 7.91. The van der Waals surface area contributed by atoms with Crippen LogP contribution in [0.15, 0.2) is 30.6 Å². The summed E-state index contributed by atoms with van der Waals surface area (Å²) >= 11 is 0. The van der Waals surface area contributed by atoms with E-state index in [2.05, 4.69) is 21.4 Å². The predicted octanol–water partition coefficient (Wildman–Crippen LogP) is 3.71. The van der Waals surface area contributed by atoms with Crippen LogP contribution in [0.2, 0.25) is 6.32 Å². The molecule has 1 atom stereocenters. The minimum atomic E-state index is -0.801. The van der Waals surface area contributed by atoms with Crippen molar-refractivity contribution in [1.82, 2.24) is 9.97 Å². The van der Waals surface area contributed by atoms with E-state index in [0.717, 1.165) is 28.2 Å². The Hall–Kier alpha value is -2.17. The van der Waals surface area contributed by atoms with Crippen LogP contribution in [0.1, 0.15) is 30.7 Å². The fraction of sp³-hybridized carbons (Fsp3) is 0.333. The van der Waals surface area contributed by atoms with Gasteiger partial charge in [0.15, 0.2) is 7.28 Å². The molecule has 1 aromatic heterocycles. The molecule has 0 radical (unpaired) electrons. The molecule has 23 heavy (non-hydrogen) atoms. The number of alkyl halides is 1. The molecule has 2 rings (SSSR count). The lowest BCUT2D eigenvalue weighted by Crippen LogP contribution is -2.21. The number of nitrogens with one attached hydrogen (secondary N) is 1. The molecule has 0 aliphatic carbocycles. The summed E-state index contributed by atoms with van der Waals surface area (Å²) in [6.45, 7) is 7.60. The number of allylic oxidation sites excluding steroid dienone is 1. The van der Waals surface area contributed by atoms with E-state index in [1.54, 1.807) is 13.3 Å². The van der Waals surface area contributed by atoms with Crippen molar-refractivity contribution in [1.29, 1.82) is 0 Å². The second-order valence-electron chi connectivity index (χ2n) is 5.84. The summed E-state index contributed by atoms with van der Waals surface area (Å²) in [4.78, 5) is 8.62. The van der Waals surface area contributed by atoms with Gasteiger partial charge in [0.1, 0.15) is 12.1 Å². The van der Waals surface area contributed by atoms with Gasteiger partial charge in [-0.1, -0.05) is 29.2 Å². The maximum absolute atomic E-state index is 13.2. The predicted molar refractivity (Wildman–Crippen MR) is 98.1 cm³/mol. The third-order valence-corrected chi connectivity index (χ3v) is 3.77. The molecule has 1 heterocycles. The Labute approximate surface area is 138 Å². The highest BCUT2D eigenvalue weighted by molar-refractivity contribution is 6.55. The van der Waals surface area contributed by atoms with E-state index in [0.29, 0.717) is 13.6 Å². The van der Waals surface area contributed by atoms with Crippen LogP contribution in [0.5, 0.6) is 0 Å². The number of hydrogen-bond donors (Lipinski definition) is 1. The Morgan fingerprint density at radius 2 is 2.09 bits per heavy atom. The fourth-order valence-corrected chi connectivity index (χ4v) is 2.45. The summed E-state index contributed by atoms with van der Waals surface area (Å²) in [6.07, 6.45) is 5.19. The molecule has 1 N–H and O–H groups in total. The number of anilines is 2. The SMILES string of the molecule is C/C=C\c1ncnc(Nc2ccc(C)cc2BCC(C)F)c1C. The summed E-state index contributed by atoms with van der Waals surface area (Å²) in [5.74, 6) is 0.784. The Morgan fingerprint density at radius 3 is 2.78 bits per heavy atom. The minimum Gasteiger partial charge on any atom is -0.340 e. The number of aryl methyl sites for hydroxylation is 1. The van der Waals surface area contributed by atoms with Crippen LogP contribution in [0, 0.1) is 13.8 Å². The first-order chi connectivity index (χ1) is 11.0. The fourth-order valence-electron chi connectivity index (χ4n) is 2.45. The largest absolute Gasteiger partial charge is 0.340 e. The van der Waals surface area contributed by atoms with Gasteiger partial charge in [0, 0.05) is 11.3 Å². The number of halogens is 1. The van der Waals surface area contributed by atoms with Gasteiger partial charge in [0.05, 0.1) is 11.9 Å².